The molecular formula is C27H25N3O2S. The highest BCUT2D eigenvalue weighted by Crippen LogP contribution is 2.34. The molecule has 5 nitrogen and oxygen atoms in total. The lowest BCUT2D eigenvalue weighted by molar-refractivity contribution is -0.00521. The molecule has 0 bridgehead atoms. The van der Waals surface area contributed by atoms with Gasteiger partial charge in [-0.25, -0.2) is 0 Å². The van der Waals surface area contributed by atoms with Crippen LogP contribution in [0.25, 0.3) is 26.9 Å². The minimum atomic E-state index is -0.0455. The largest absolute Gasteiger partial charge is 0.372 e. The Labute approximate surface area is 197 Å². The average Bonchev–Trinajstić information content (AvgIpc) is 3.30. The fourth-order valence-electron chi connectivity index (χ4n) is 4.75. The van der Waals surface area contributed by atoms with Crippen LogP contribution in [0.2, 0.25) is 0 Å². The molecule has 0 N–H and O–H groups in total. The maximum Gasteiger partial charge on any atom is 0.262 e. The van der Waals surface area contributed by atoms with Gasteiger partial charge in [-0.1, -0.05) is 12.1 Å². The van der Waals surface area contributed by atoms with Crippen LogP contribution in [0.1, 0.15) is 24.3 Å². The van der Waals surface area contributed by atoms with Crippen LogP contribution in [0.4, 0.5) is 5.69 Å². The maximum absolute atomic E-state index is 13.5. The van der Waals surface area contributed by atoms with Gasteiger partial charge in [-0.3, -0.25) is 9.36 Å². The number of aryl methyl sites for hydroxylation is 1. The van der Waals surface area contributed by atoms with E-state index < -0.39 is 0 Å². The molecular weight excluding hydrogens is 430 g/mol. The van der Waals surface area contributed by atoms with Crippen molar-refractivity contribution >= 4 is 27.8 Å². The van der Waals surface area contributed by atoms with Crippen LogP contribution < -0.4 is 10.5 Å². The van der Waals surface area contributed by atoms with Crippen molar-refractivity contribution < 1.29 is 4.74 Å². The highest BCUT2D eigenvalue weighted by atomic mass is 32.1. The summed E-state index contributed by atoms with van der Waals surface area (Å²) in [7, 11) is 0. The van der Waals surface area contributed by atoms with Crippen LogP contribution in [-0.2, 0) is 4.74 Å². The summed E-state index contributed by atoms with van der Waals surface area (Å²) in [6.07, 6.45) is 2.31. The lowest BCUT2D eigenvalue weighted by atomic mass is 10.0. The molecule has 1 aliphatic rings. The standard InChI is InChI=1S/C27H25N3O2S/c1-17-14-30(21-9-7-20(8-10-21)29-15-18(2)32-19(3)16-29)27(31)24-6-4-5-23(26(17)24)25-12-11-22(13-28)33-25/h4-12,14,18-19H,15-16H2,1-3H3/t18-,19+. The van der Waals surface area contributed by atoms with Crippen LogP contribution >= 0.6 is 11.3 Å². The van der Waals surface area contributed by atoms with E-state index in [2.05, 4.69) is 36.9 Å². The molecule has 1 saturated heterocycles. The van der Waals surface area contributed by atoms with Crippen molar-refractivity contribution in [3.63, 3.8) is 0 Å². The Morgan fingerprint density at radius 2 is 1.70 bits per heavy atom. The molecule has 2 aromatic heterocycles. The molecule has 0 spiro atoms. The predicted octanol–water partition coefficient (Wildman–Crippen LogP) is 5.51. The SMILES string of the molecule is Cc1cn(-c2ccc(N3C[C@@H](C)O[C@@H](C)C3)cc2)c(=O)c2cccc(-c3ccc(C#N)s3)c12. The highest BCUT2D eigenvalue weighted by Gasteiger charge is 2.22. The zero-order valence-electron chi connectivity index (χ0n) is 18.9. The van der Waals surface area contributed by atoms with Crippen molar-refractivity contribution in [3.05, 3.63) is 81.6 Å². The molecule has 1 fully saturated rings. The van der Waals surface area contributed by atoms with Gasteiger partial charge in [0.1, 0.15) is 10.9 Å². The van der Waals surface area contributed by atoms with Gasteiger partial charge in [-0.05, 0) is 68.8 Å². The summed E-state index contributed by atoms with van der Waals surface area (Å²) in [5, 5.41) is 10.8. The summed E-state index contributed by atoms with van der Waals surface area (Å²) >= 11 is 1.45. The number of anilines is 1. The molecule has 1 aliphatic heterocycles. The first-order chi connectivity index (χ1) is 15.9. The Bertz CT molecular complexity index is 1420. The van der Waals surface area contributed by atoms with E-state index in [0.29, 0.717) is 10.3 Å². The molecule has 6 heteroatoms. The molecule has 2 aromatic carbocycles. The second kappa shape index (κ2) is 8.51. The summed E-state index contributed by atoms with van der Waals surface area (Å²) in [5.41, 5.74) is 3.95. The van der Waals surface area contributed by atoms with Crippen molar-refractivity contribution in [1.29, 1.82) is 5.26 Å². The van der Waals surface area contributed by atoms with Crippen molar-refractivity contribution in [1.82, 2.24) is 4.57 Å². The smallest absolute Gasteiger partial charge is 0.262 e. The van der Waals surface area contributed by atoms with E-state index >= 15 is 0 Å². The first-order valence-electron chi connectivity index (χ1n) is 11.1. The number of thiophene rings is 1. The summed E-state index contributed by atoms with van der Waals surface area (Å²) in [6.45, 7) is 7.95. The molecule has 0 amide bonds. The maximum atomic E-state index is 13.5. The van der Waals surface area contributed by atoms with Crippen LogP contribution in [-0.4, -0.2) is 29.9 Å². The number of pyridine rings is 1. The molecule has 0 aliphatic carbocycles. The van der Waals surface area contributed by atoms with Crippen molar-refractivity contribution in [2.24, 2.45) is 0 Å². The van der Waals surface area contributed by atoms with Crippen molar-refractivity contribution in [3.8, 4) is 22.2 Å². The van der Waals surface area contributed by atoms with Gasteiger partial charge >= 0.3 is 0 Å². The number of nitriles is 1. The number of aromatic nitrogens is 1. The number of benzene rings is 2. The predicted molar refractivity (Wildman–Crippen MR) is 135 cm³/mol. The number of nitrogens with zero attached hydrogens (tertiary/aromatic N) is 3. The van der Waals surface area contributed by atoms with Crippen molar-refractivity contribution in [2.45, 2.75) is 33.0 Å². The summed E-state index contributed by atoms with van der Waals surface area (Å²) in [6, 6.07) is 20.0. The molecule has 2 atom stereocenters. The summed E-state index contributed by atoms with van der Waals surface area (Å²) in [4.78, 5) is 17.5. The second-order valence-corrected chi connectivity index (χ2v) is 9.75. The first-order valence-corrected chi connectivity index (χ1v) is 11.9. The van der Waals surface area contributed by atoms with Crippen LogP contribution in [0.15, 0.2) is 65.6 Å². The third-order valence-electron chi connectivity index (χ3n) is 6.13. The van der Waals surface area contributed by atoms with E-state index in [1.54, 1.807) is 4.57 Å². The molecule has 0 unspecified atom stereocenters. The van der Waals surface area contributed by atoms with Gasteiger partial charge in [0.2, 0.25) is 0 Å². The van der Waals surface area contributed by atoms with Gasteiger partial charge in [0.05, 0.1) is 12.2 Å². The summed E-state index contributed by atoms with van der Waals surface area (Å²) in [5.74, 6) is 0. The zero-order valence-corrected chi connectivity index (χ0v) is 19.7. The minimum absolute atomic E-state index is 0.0455. The van der Waals surface area contributed by atoms with Crippen LogP contribution in [0, 0.1) is 18.3 Å². The van der Waals surface area contributed by atoms with Gasteiger partial charge < -0.3 is 9.64 Å². The molecule has 0 saturated carbocycles. The van der Waals surface area contributed by atoms with Gasteiger partial charge in [-0.2, -0.15) is 5.26 Å². The van der Waals surface area contributed by atoms with E-state index in [9.17, 15) is 10.1 Å². The highest BCUT2D eigenvalue weighted by molar-refractivity contribution is 7.16. The molecule has 4 aromatic rings. The van der Waals surface area contributed by atoms with Crippen LogP contribution in [0.3, 0.4) is 0 Å². The third kappa shape index (κ3) is 3.95. The number of morpholine rings is 1. The third-order valence-corrected chi connectivity index (χ3v) is 7.15. The molecule has 3 heterocycles. The molecule has 33 heavy (non-hydrogen) atoms. The monoisotopic (exact) mass is 455 g/mol. The first kappa shape index (κ1) is 21.4. The van der Waals surface area contributed by atoms with Gasteiger partial charge in [0.25, 0.3) is 5.56 Å². The number of hydrogen-bond donors (Lipinski definition) is 0. The fraction of sp³-hybridized carbons (Fsp3) is 0.259. The van der Waals surface area contributed by atoms with E-state index in [1.165, 1.54) is 11.3 Å². The Morgan fingerprint density at radius 1 is 1.00 bits per heavy atom. The number of fused-ring (bicyclic) bond motifs is 1. The quantitative estimate of drug-likeness (QED) is 0.409. The normalized spacial score (nSPS) is 18.4. The van der Waals surface area contributed by atoms with Gasteiger partial charge in [-0.15, -0.1) is 11.3 Å². The lowest BCUT2D eigenvalue weighted by Gasteiger charge is -2.36. The van der Waals surface area contributed by atoms with E-state index in [4.69, 9.17) is 4.74 Å². The molecule has 0 radical (unpaired) electrons. The van der Waals surface area contributed by atoms with Crippen LogP contribution in [0.5, 0.6) is 0 Å². The lowest BCUT2D eigenvalue weighted by Crippen LogP contribution is -2.45. The number of ether oxygens (including phenoxy) is 1. The average molecular weight is 456 g/mol. The van der Waals surface area contributed by atoms with Gasteiger partial charge in [0.15, 0.2) is 0 Å². The second-order valence-electron chi connectivity index (χ2n) is 8.67. The molecule has 5 rings (SSSR count). The number of hydrogen-bond acceptors (Lipinski definition) is 5. The summed E-state index contributed by atoms with van der Waals surface area (Å²) < 4.78 is 7.57. The van der Waals surface area contributed by atoms with Crippen molar-refractivity contribution in [2.75, 3.05) is 18.0 Å². The van der Waals surface area contributed by atoms with E-state index in [0.717, 1.165) is 45.9 Å². The Balaban J connectivity index is 1.55. The van der Waals surface area contributed by atoms with Gasteiger partial charge in [0, 0.05) is 51.9 Å². The Morgan fingerprint density at radius 3 is 2.36 bits per heavy atom. The Kier molecular flexibility index (Phi) is 5.53. The van der Waals surface area contributed by atoms with E-state index in [-0.39, 0.29) is 17.8 Å². The minimum Gasteiger partial charge on any atom is -0.372 e. The fourth-order valence-corrected chi connectivity index (χ4v) is 5.59. The number of rotatable bonds is 3. The molecule has 166 valence electrons. The Hall–Kier alpha value is -3.40. The topological polar surface area (TPSA) is 58.3 Å². The van der Waals surface area contributed by atoms with E-state index in [1.807, 2.05) is 55.6 Å². The zero-order chi connectivity index (χ0) is 23.1.